The van der Waals surface area contributed by atoms with E-state index in [9.17, 15) is 0 Å². The lowest BCUT2D eigenvalue weighted by Gasteiger charge is -2.07. The zero-order valence-electron chi connectivity index (χ0n) is 7.31. The van der Waals surface area contributed by atoms with Crippen LogP contribution in [0.1, 0.15) is 14.0 Å². The van der Waals surface area contributed by atoms with Gasteiger partial charge in [-0.05, 0) is 24.6 Å². The third-order valence-electron chi connectivity index (χ3n) is 1.85. The number of aryl methyl sites for hydroxylation is 1. The largest absolute Gasteiger partial charge is 0.398 e. The molecule has 1 rings (SSSR count). The fraction of sp³-hybridized carbons (Fsp3) is 0.222. The first kappa shape index (κ1) is 8.59. The zero-order chi connectivity index (χ0) is 9.14. The molecule has 0 saturated heterocycles. The molecule has 0 unspecified atom stereocenters. The molecule has 0 aliphatic carbocycles. The molecule has 68 valence electrons. The van der Waals surface area contributed by atoms with Gasteiger partial charge in [-0.15, -0.1) is 0 Å². The summed E-state index contributed by atoms with van der Waals surface area (Å²) in [5.74, 6) is 0. The average molecular weight is 167 g/mol. The van der Waals surface area contributed by atoms with Gasteiger partial charge < -0.3 is 16.5 Å². The van der Waals surface area contributed by atoms with Crippen LogP contribution in [0.2, 0.25) is 0 Å². The van der Waals surface area contributed by atoms with E-state index in [1.807, 2.05) is 26.1 Å². The van der Waals surface area contributed by atoms with E-state index in [0.29, 0.717) is 5.69 Å². The first-order valence-electron chi connectivity index (χ1n) is 3.77. The Kier molecular flexibility index (Phi) is 2.33. The predicted molar refractivity (Wildman–Crippen MR) is 57.3 cm³/mol. The lowest BCUT2D eigenvalue weighted by atomic mass is 10.1. The molecule has 1 aromatic rings. The molecule has 0 atom stereocenters. The van der Waals surface area contributed by atoms with Crippen molar-refractivity contribution in [2.45, 2.75) is 6.92 Å². The lowest BCUT2D eigenvalue weighted by molar-refractivity contribution is 1.40. The minimum Gasteiger partial charge on any atom is -0.398 e. The van der Waals surface area contributed by atoms with E-state index in [1.165, 1.54) is 6.21 Å². The molecular formula is C9H17N3. The SMILES string of the molecule is CNc1cc(C)c(C=N)c(N)c1.[HH].[HH]. The standard InChI is InChI=1S/C9H13N3.2H2/c1-6-3-7(12-2)4-9(11)8(6)5-10;;/h3-5,10,12H,11H2,1-2H3;2*1H. The van der Waals surface area contributed by atoms with Crippen molar-refractivity contribution in [3.63, 3.8) is 0 Å². The van der Waals surface area contributed by atoms with Crippen molar-refractivity contribution in [3.05, 3.63) is 23.3 Å². The highest BCUT2D eigenvalue weighted by molar-refractivity contribution is 5.88. The average Bonchev–Trinajstić information content (AvgIpc) is 2.03. The van der Waals surface area contributed by atoms with Gasteiger partial charge in [0, 0.05) is 33.1 Å². The monoisotopic (exact) mass is 167 g/mol. The molecule has 0 fully saturated rings. The summed E-state index contributed by atoms with van der Waals surface area (Å²) in [6.07, 6.45) is 1.28. The van der Waals surface area contributed by atoms with Gasteiger partial charge in [-0.3, -0.25) is 0 Å². The number of hydrogen-bond acceptors (Lipinski definition) is 3. The summed E-state index contributed by atoms with van der Waals surface area (Å²) < 4.78 is 0. The molecule has 1 aromatic carbocycles. The highest BCUT2D eigenvalue weighted by Crippen LogP contribution is 2.20. The number of rotatable bonds is 2. The Morgan fingerprint density at radius 1 is 1.58 bits per heavy atom. The van der Waals surface area contributed by atoms with Gasteiger partial charge in [0.25, 0.3) is 0 Å². The molecule has 4 N–H and O–H groups in total. The van der Waals surface area contributed by atoms with E-state index in [1.54, 1.807) is 0 Å². The Morgan fingerprint density at radius 3 is 2.67 bits per heavy atom. The number of hydrogen-bond donors (Lipinski definition) is 3. The van der Waals surface area contributed by atoms with Gasteiger partial charge in [0.15, 0.2) is 0 Å². The molecular weight excluding hydrogens is 150 g/mol. The van der Waals surface area contributed by atoms with Crippen LogP contribution in [0.4, 0.5) is 11.4 Å². The minimum absolute atomic E-state index is 0. The Balaban J connectivity index is 0. The van der Waals surface area contributed by atoms with Gasteiger partial charge in [-0.2, -0.15) is 0 Å². The van der Waals surface area contributed by atoms with Crippen molar-refractivity contribution in [2.24, 2.45) is 0 Å². The number of nitrogen functional groups attached to an aromatic ring is 1. The fourth-order valence-electron chi connectivity index (χ4n) is 1.17. The Bertz CT molecular complexity index is 290. The van der Waals surface area contributed by atoms with Crippen LogP contribution < -0.4 is 11.1 Å². The van der Waals surface area contributed by atoms with Crippen molar-refractivity contribution in [1.29, 1.82) is 5.41 Å². The summed E-state index contributed by atoms with van der Waals surface area (Å²) in [5, 5.41) is 10.1. The second kappa shape index (κ2) is 3.26. The van der Waals surface area contributed by atoms with Gasteiger partial charge in [-0.25, -0.2) is 0 Å². The topological polar surface area (TPSA) is 61.9 Å². The molecule has 3 nitrogen and oxygen atoms in total. The lowest BCUT2D eigenvalue weighted by Crippen LogP contribution is -1.98. The van der Waals surface area contributed by atoms with Gasteiger partial charge in [0.2, 0.25) is 0 Å². The number of anilines is 2. The summed E-state index contributed by atoms with van der Waals surface area (Å²) in [7, 11) is 1.85. The summed E-state index contributed by atoms with van der Waals surface area (Å²) in [6.45, 7) is 1.94. The maximum Gasteiger partial charge on any atom is 0.0426 e. The maximum absolute atomic E-state index is 7.13. The van der Waals surface area contributed by atoms with E-state index in [2.05, 4.69) is 5.32 Å². The predicted octanol–water partition coefficient (Wildman–Crippen LogP) is 2.11. The smallest absolute Gasteiger partial charge is 0.0426 e. The van der Waals surface area contributed by atoms with Gasteiger partial charge in [0.1, 0.15) is 0 Å². The van der Waals surface area contributed by atoms with Crippen LogP contribution in [0, 0.1) is 12.3 Å². The van der Waals surface area contributed by atoms with E-state index in [4.69, 9.17) is 11.1 Å². The molecule has 0 aliphatic rings. The van der Waals surface area contributed by atoms with Crippen molar-refractivity contribution in [3.8, 4) is 0 Å². The molecule has 0 spiro atoms. The highest BCUT2D eigenvalue weighted by atomic mass is 14.8. The fourth-order valence-corrected chi connectivity index (χ4v) is 1.17. The number of benzene rings is 1. The molecule has 12 heavy (non-hydrogen) atoms. The van der Waals surface area contributed by atoms with Gasteiger partial charge in [0.05, 0.1) is 0 Å². The second-order valence-corrected chi connectivity index (χ2v) is 2.69. The van der Waals surface area contributed by atoms with Crippen molar-refractivity contribution >= 4 is 17.6 Å². The minimum atomic E-state index is 0. The van der Waals surface area contributed by atoms with Crippen LogP contribution >= 0.6 is 0 Å². The van der Waals surface area contributed by atoms with Crippen LogP contribution in [0.3, 0.4) is 0 Å². The van der Waals surface area contributed by atoms with Crippen molar-refractivity contribution in [1.82, 2.24) is 0 Å². The first-order valence-corrected chi connectivity index (χ1v) is 3.77. The molecule has 0 heterocycles. The summed E-state index contributed by atoms with van der Waals surface area (Å²) in [4.78, 5) is 0. The normalized spacial score (nSPS) is 9.50. The molecule has 0 bridgehead atoms. The van der Waals surface area contributed by atoms with Crippen LogP contribution in [0.5, 0.6) is 0 Å². The summed E-state index contributed by atoms with van der Waals surface area (Å²) in [6, 6.07) is 3.80. The van der Waals surface area contributed by atoms with Crippen LogP contribution in [0.25, 0.3) is 0 Å². The van der Waals surface area contributed by atoms with E-state index >= 15 is 0 Å². The number of nitrogens with two attached hydrogens (primary N) is 1. The highest BCUT2D eigenvalue weighted by Gasteiger charge is 2.01. The third kappa shape index (κ3) is 1.39. The third-order valence-corrected chi connectivity index (χ3v) is 1.85. The Hall–Kier alpha value is -1.51. The maximum atomic E-state index is 7.13. The van der Waals surface area contributed by atoms with Crippen molar-refractivity contribution in [2.75, 3.05) is 18.1 Å². The molecule has 0 radical (unpaired) electrons. The zero-order valence-corrected chi connectivity index (χ0v) is 7.31. The van der Waals surface area contributed by atoms with Crippen molar-refractivity contribution < 1.29 is 2.85 Å². The van der Waals surface area contributed by atoms with Crippen LogP contribution in [0.15, 0.2) is 12.1 Å². The van der Waals surface area contributed by atoms with Gasteiger partial charge >= 0.3 is 0 Å². The second-order valence-electron chi connectivity index (χ2n) is 2.69. The molecule has 0 amide bonds. The van der Waals surface area contributed by atoms with E-state index in [0.717, 1.165) is 16.8 Å². The van der Waals surface area contributed by atoms with Crippen LogP contribution in [-0.4, -0.2) is 13.3 Å². The van der Waals surface area contributed by atoms with E-state index in [-0.39, 0.29) is 2.85 Å². The summed E-state index contributed by atoms with van der Waals surface area (Å²) >= 11 is 0. The molecule has 0 saturated carbocycles. The quantitative estimate of drug-likeness (QED) is 0.466. The Labute approximate surface area is 75.1 Å². The first-order chi connectivity index (χ1) is 5.69. The Morgan fingerprint density at radius 2 is 2.25 bits per heavy atom. The van der Waals surface area contributed by atoms with E-state index < -0.39 is 0 Å². The molecule has 3 heteroatoms. The molecule has 0 aliphatic heterocycles. The van der Waals surface area contributed by atoms with Crippen LogP contribution in [-0.2, 0) is 0 Å². The van der Waals surface area contributed by atoms with Gasteiger partial charge in [-0.1, -0.05) is 0 Å². The number of nitrogens with one attached hydrogen (secondary N) is 2. The molecule has 0 aromatic heterocycles. The summed E-state index contributed by atoms with van der Waals surface area (Å²) in [5.41, 5.74) is 9.17.